The van der Waals surface area contributed by atoms with Crippen LogP contribution in [-0.4, -0.2) is 37.0 Å². The minimum atomic E-state index is -2.58. The molecular weight excluding hydrogens is 829 g/mol. The van der Waals surface area contributed by atoms with Crippen LogP contribution in [0.25, 0.3) is 22.3 Å². The predicted octanol–water partition coefficient (Wildman–Crippen LogP) is 14.9. The Hall–Kier alpha value is -4.55. The first-order valence-corrected chi connectivity index (χ1v) is 28.6. The molecule has 350 valence electrons. The van der Waals surface area contributed by atoms with Crippen molar-refractivity contribution in [2.75, 3.05) is 0 Å². The Morgan fingerprint density at radius 1 is 0.758 bits per heavy atom. The second kappa shape index (κ2) is 19.6. The van der Waals surface area contributed by atoms with Gasteiger partial charge in [-0.3, -0.25) is 0 Å². The van der Waals surface area contributed by atoms with Crippen LogP contribution < -0.4 is 5.19 Å². The lowest BCUT2D eigenvalue weighted by Crippen LogP contribution is -2.51. The van der Waals surface area contributed by atoms with E-state index in [1.54, 1.807) is 13.0 Å². The molecule has 0 saturated heterocycles. The number of benzene rings is 4. The summed E-state index contributed by atoms with van der Waals surface area (Å²) in [6.07, 6.45) is 16.9. The molecule has 9 atom stereocenters. The third-order valence-electron chi connectivity index (χ3n) is 18.0. The number of ether oxygens (including phenoxy) is 1. The average Bonchev–Trinajstić information content (AvgIpc) is 3.66. The van der Waals surface area contributed by atoms with E-state index in [1.165, 1.54) is 56.9 Å². The number of ketones is 1. The van der Waals surface area contributed by atoms with E-state index in [-0.39, 0.29) is 34.4 Å². The largest absolute Gasteiger partial charge is 0.478 e. The fourth-order valence-electron chi connectivity index (χ4n) is 14.3. The minimum Gasteiger partial charge on any atom is -0.478 e. The number of rotatable bonds is 16. The van der Waals surface area contributed by atoms with Gasteiger partial charge in [0.15, 0.2) is 0 Å². The van der Waals surface area contributed by atoms with Crippen molar-refractivity contribution in [3.63, 3.8) is 0 Å². The molecule has 5 unspecified atom stereocenters. The summed E-state index contributed by atoms with van der Waals surface area (Å²) in [6, 6.07) is 31.9. The van der Waals surface area contributed by atoms with Gasteiger partial charge in [-0.05, 0) is 150 Å². The molecule has 0 spiro atoms. The molecule has 4 aromatic rings. The highest BCUT2D eigenvalue weighted by atomic mass is 28.3. The van der Waals surface area contributed by atoms with Crippen LogP contribution in [-0.2, 0) is 9.53 Å². The Bertz CT molecular complexity index is 2410. The molecule has 3 fully saturated rings. The van der Waals surface area contributed by atoms with Crippen molar-refractivity contribution in [3.8, 4) is 22.3 Å². The van der Waals surface area contributed by atoms with E-state index in [1.807, 2.05) is 66.7 Å². The first-order chi connectivity index (χ1) is 31.5. The molecule has 1 N–H and O–H groups in total. The van der Waals surface area contributed by atoms with Crippen molar-refractivity contribution in [3.05, 3.63) is 125 Å². The SMILES string of the molecule is CC(=O)CCC(c1ccccc1C(=O)OC1CC[C@@]2(C)C(=CCC3C2CC[C@@]2(C)C3CC[C@@H]2[C@H](C)CCCC(C)C)C1)[Si](C)(C)c1ccc(C(=O)O)c(-c2ccc(-c3ccccc3)cc2)c1. The predicted molar refractivity (Wildman–Crippen MR) is 273 cm³/mol. The van der Waals surface area contributed by atoms with Crippen LogP contribution in [0.2, 0.25) is 13.1 Å². The van der Waals surface area contributed by atoms with Crippen LogP contribution >= 0.6 is 0 Å². The number of fused-ring (bicyclic) bond motifs is 5. The zero-order valence-electron chi connectivity index (χ0n) is 41.2. The van der Waals surface area contributed by atoms with Crippen molar-refractivity contribution in [1.82, 2.24) is 0 Å². The van der Waals surface area contributed by atoms with Gasteiger partial charge in [0, 0.05) is 12.8 Å². The van der Waals surface area contributed by atoms with E-state index in [9.17, 15) is 19.5 Å². The first kappa shape index (κ1) is 47.9. The lowest BCUT2D eigenvalue weighted by atomic mass is 9.47. The van der Waals surface area contributed by atoms with Crippen LogP contribution in [0.1, 0.15) is 157 Å². The molecule has 4 aliphatic carbocycles. The van der Waals surface area contributed by atoms with Gasteiger partial charge in [-0.2, -0.15) is 0 Å². The monoisotopic (exact) mass is 905 g/mol. The second-order valence-electron chi connectivity index (χ2n) is 22.7. The fraction of sp³-hybridized carbons (Fsp3) is 0.517. The Morgan fingerprint density at radius 3 is 2.17 bits per heavy atom. The van der Waals surface area contributed by atoms with Gasteiger partial charge < -0.3 is 14.6 Å². The molecule has 6 heteroatoms. The van der Waals surface area contributed by atoms with Crippen molar-refractivity contribution < 1.29 is 24.2 Å². The maximum atomic E-state index is 14.6. The van der Waals surface area contributed by atoms with Crippen molar-refractivity contribution in [2.24, 2.45) is 46.3 Å². The molecule has 0 heterocycles. The summed E-state index contributed by atoms with van der Waals surface area (Å²) >= 11 is 0. The summed E-state index contributed by atoms with van der Waals surface area (Å²) in [6.45, 7) is 18.7. The van der Waals surface area contributed by atoms with Crippen LogP contribution in [0.3, 0.4) is 0 Å². The molecule has 0 bridgehead atoms. The van der Waals surface area contributed by atoms with Crippen molar-refractivity contribution in [2.45, 2.75) is 150 Å². The summed E-state index contributed by atoms with van der Waals surface area (Å²) in [5.41, 5.74) is 7.46. The fourth-order valence-corrected chi connectivity index (χ4v) is 17.6. The Balaban J connectivity index is 1.01. The molecule has 4 aromatic carbocycles. The Labute approximate surface area is 397 Å². The third-order valence-corrected chi connectivity index (χ3v) is 22.2. The number of hydrogen-bond donors (Lipinski definition) is 1. The smallest absolute Gasteiger partial charge is 0.338 e. The number of carbonyl (C=O) groups excluding carboxylic acids is 2. The highest BCUT2D eigenvalue weighted by molar-refractivity contribution is 6.91. The lowest BCUT2D eigenvalue weighted by molar-refractivity contribution is -0.117. The van der Waals surface area contributed by atoms with Gasteiger partial charge in [0.1, 0.15) is 11.9 Å². The number of allylic oxidation sites excluding steroid dienone is 1. The van der Waals surface area contributed by atoms with Crippen molar-refractivity contribution in [1.29, 1.82) is 0 Å². The molecule has 4 aliphatic rings. The van der Waals surface area contributed by atoms with E-state index < -0.39 is 14.0 Å². The van der Waals surface area contributed by atoms with Crippen molar-refractivity contribution >= 4 is 31.0 Å². The lowest BCUT2D eigenvalue weighted by Gasteiger charge is -2.58. The summed E-state index contributed by atoms with van der Waals surface area (Å²) < 4.78 is 6.58. The van der Waals surface area contributed by atoms with Gasteiger partial charge in [0.25, 0.3) is 0 Å². The van der Waals surface area contributed by atoms with Crippen LogP contribution in [0.4, 0.5) is 0 Å². The number of carbonyl (C=O) groups is 3. The molecule has 5 nitrogen and oxygen atoms in total. The van der Waals surface area contributed by atoms with Gasteiger partial charge >= 0.3 is 11.9 Å². The van der Waals surface area contributed by atoms with Crippen LogP contribution in [0, 0.1) is 46.3 Å². The number of esters is 1. The zero-order chi connectivity index (χ0) is 47.0. The average molecular weight is 905 g/mol. The molecule has 0 amide bonds. The van der Waals surface area contributed by atoms with Gasteiger partial charge in [-0.15, -0.1) is 0 Å². The standard InChI is InChI=1S/C60H76O5Si/c1-39(2)15-14-16-40(3)53-30-31-54-51-28-26-45-37-46(33-35-59(45,5)55(51)34-36-60(53,54)6)65-58(64)50-20-13-12-19-48(50)56(32-21-41(4)61)66(7,8)47-27-29-49(57(62)63)52(38-47)44-24-22-43(23-25-44)42-17-10-9-11-18-42/h9-13,17-20,22-27,29,38-40,46,51,53-56H,14-16,21,28,30-37H2,1-8H3,(H,62,63)/t40-,46?,51?,53-,54?,55?,56?,59+,60-/m1/s1. The Kier molecular flexibility index (Phi) is 14.2. The summed E-state index contributed by atoms with van der Waals surface area (Å²) in [5.74, 6) is 3.58. The second-order valence-corrected chi connectivity index (χ2v) is 27.4. The van der Waals surface area contributed by atoms with E-state index in [2.05, 4.69) is 78.1 Å². The van der Waals surface area contributed by atoms with Crippen LogP contribution in [0.15, 0.2) is 109 Å². The van der Waals surface area contributed by atoms with E-state index in [0.717, 1.165) is 76.3 Å². The van der Waals surface area contributed by atoms with Gasteiger partial charge in [0.05, 0.1) is 19.2 Å². The molecule has 0 aromatic heterocycles. The first-order valence-electron chi connectivity index (χ1n) is 25.5. The normalized spacial score (nSPS) is 26.9. The number of carboxylic acid groups (broad SMARTS) is 1. The summed E-state index contributed by atoms with van der Waals surface area (Å²) in [7, 11) is -2.58. The Morgan fingerprint density at radius 2 is 1.45 bits per heavy atom. The number of hydrogen-bond acceptors (Lipinski definition) is 4. The van der Waals surface area contributed by atoms with E-state index in [0.29, 0.717) is 35.3 Å². The molecule has 8 rings (SSSR count). The molecule has 0 aliphatic heterocycles. The molecule has 66 heavy (non-hydrogen) atoms. The van der Waals surface area contributed by atoms with Gasteiger partial charge in [-0.25, -0.2) is 9.59 Å². The third kappa shape index (κ3) is 9.47. The number of aromatic carboxylic acids is 1. The number of carboxylic acids is 1. The maximum absolute atomic E-state index is 14.6. The molecular formula is C60H76O5Si. The highest BCUT2D eigenvalue weighted by Gasteiger charge is 2.59. The maximum Gasteiger partial charge on any atom is 0.338 e. The topological polar surface area (TPSA) is 80.7 Å². The molecule has 0 radical (unpaired) electrons. The van der Waals surface area contributed by atoms with Gasteiger partial charge in [0.2, 0.25) is 0 Å². The zero-order valence-corrected chi connectivity index (χ0v) is 42.2. The highest BCUT2D eigenvalue weighted by Crippen LogP contribution is 2.67. The van der Waals surface area contributed by atoms with Crippen LogP contribution in [0.5, 0.6) is 0 Å². The molecule has 3 saturated carbocycles. The summed E-state index contributed by atoms with van der Waals surface area (Å²) in [5, 5.41) is 11.4. The minimum absolute atomic E-state index is 0.100. The van der Waals surface area contributed by atoms with Gasteiger partial charge in [-0.1, -0.05) is 169 Å². The summed E-state index contributed by atoms with van der Waals surface area (Å²) in [4.78, 5) is 39.9. The van der Waals surface area contributed by atoms with E-state index >= 15 is 0 Å². The quantitative estimate of drug-likeness (QED) is 0.0688. The number of Topliss-reactive ketones (excluding diaryl/α,β-unsaturated/α-hetero) is 1. The van der Waals surface area contributed by atoms with E-state index in [4.69, 9.17) is 4.74 Å².